The minimum Gasteiger partial charge on any atom is -0.305 e. The van der Waals surface area contributed by atoms with Crippen LogP contribution in [0.15, 0.2) is 34.9 Å². The molecule has 0 spiro atoms. The van der Waals surface area contributed by atoms with Crippen molar-refractivity contribution in [2.24, 2.45) is 0 Å². The van der Waals surface area contributed by atoms with Crippen LogP contribution in [0.4, 0.5) is 0 Å². The lowest BCUT2D eigenvalue weighted by molar-refractivity contribution is 0.627. The van der Waals surface area contributed by atoms with Gasteiger partial charge in [-0.3, -0.25) is 0 Å². The average molecular weight is 250 g/mol. The van der Waals surface area contributed by atoms with E-state index < -0.39 is 0 Å². The third-order valence-corrected chi connectivity index (χ3v) is 3.90. The molecule has 1 atom stereocenters. The first-order chi connectivity index (χ1) is 7.79. The van der Waals surface area contributed by atoms with Gasteiger partial charge in [-0.2, -0.15) is 11.3 Å². The van der Waals surface area contributed by atoms with Crippen molar-refractivity contribution in [1.29, 1.82) is 0 Å². The maximum absolute atomic E-state index is 4.59. The van der Waals surface area contributed by atoms with Crippen molar-refractivity contribution in [2.75, 3.05) is 0 Å². The van der Waals surface area contributed by atoms with E-state index in [0.717, 1.165) is 17.2 Å². The summed E-state index contributed by atoms with van der Waals surface area (Å²) in [5.74, 6) is 0. The number of nitrogens with one attached hydrogen (secondary N) is 1. The Balaban J connectivity index is 2.00. The normalized spacial score (nSPS) is 12.6. The molecule has 0 saturated heterocycles. The number of aromatic nitrogens is 1. The van der Waals surface area contributed by atoms with Gasteiger partial charge >= 0.3 is 0 Å². The van der Waals surface area contributed by atoms with Gasteiger partial charge < -0.3 is 5.32 Å². The molecule has 2 aromatic heterocycles. The molecular formula is C12H14N2S2. The quantitative estimate of drug-likeness (QED) is 0.821. The van der Waals surface area contributed by atoms with Crippen LogP contribution >= 0.6 is 22.7 Å². The van der Waals surface area contributed by atoms with Crippen molar-refractivity contribution in [3.8, 4) is 10.6 Å². The van der Waals surface area contributed by atoms with Crippen LogP contribution in [-0.4, -0.2) is 11.0 Å². The first-order valence-corrected chi connectivity index (χ1v) is 6.94. The van der Waals surface area contributed by atoms with Gasteiger partial charge in [-0.25, -0.2) is 4.98 Å². The Labute approximate surface area is 104 Å². The number of thiazole rings is 1. The zero-order chi connectivity index (χ0) is 11.4. The minimum absolute atomic E-state index is 0.325. The van der Waals surface area contributed by atoms with Crippen molar-refractivity contribution in [3.63, 3.8) is 0 Å². The minimum atomic E-state index is 0.325. The number of hydrogen-bond donors (Lipinski definition) is 1. The van der Waals surface area contributed by atoms with Gasteiger partial charge in [0.05, 0.1) is 5.69 Å². The van der Waals surface area contributed by atoms with Crippen molar-refractivity contribution in [1.82, 2.24) is 10.3 Å². The molecule has 0 aromatic carbocycles. The topological polar surface area (TPSA) is 24.9 Å². The van der Waals surface area contributed by atoms with Crippen molar-refractivity contribution < 1.29 is 0 Å². The Kier molecular flexibility index (Phi) is 3.88. The van der Waals surface area contributed by atoms with Crippen LogP contribution < -0.4 is 5.32 Å². The van der Waals surface area contributed by atoms with E-state index >= 15 is 0 Å². The molecule has 84 valence electrons. The number of thiophene rings is 1. The zero-order valence-corrected chi connectivity index (χ0v) is 10.8. The van der Waals surface area contributed by atoms with Crippen LogP contribution in [-0.2, 0) is 6.54 Å². The Morgan fingerprint density at radius 3 is 3.12 bits per heavy atom. The van der Waals surface area contributed by atoms with Crippen LogP contribution in [0.25, 0.3) is 10.6 Å². The van der Waals surface area contributed by atoms with E-state index in [1.54, 1.807) is 22.7 Å². The Bertz CT molecular complexity index is 445. The van der Waals surface area contributed by atoms with E-state index in [2.05, 4.69) is 46.0 Å². The smallest absolute Gasteiger partial charge is 0.124 e. The second kappa shape index (κ2) is 5.39. The molecule has 0 aliphatic carbocycles. The largest absolute Gasteiger partial charge is 0.305 e. The first kappa shape index (κ1) is 11.5. The molecule has 0 aliphatic heterocycles. The molecule has 0 fully saturated rings. The summed E-state index contributed by atoms with van der Waals surface area (Å²) in [6.07, 6.45) is 1.89. The first-order valence-electron chi connectivity index (χ1n) is 5.12. The predicted octanol–water partition coefficient (Wildman–Crippen LogP) is 3.54. The van der Waals surface area contributed by atoms with Crippen LogP contribution in [0.2, 0.25) is 0 Å². The highest BCUT2D eigenvalue weighted by Gasteiger charge is 2.05. The third kappa shape index (κ3) is 2.78. The molecule has 2 rings (SSSR count). The van der Waals surface area contributed by atoms with Gasteiger partial charge in [-0.05, 0) is 18.4 Å². The molecule has 0 aliphatic rings. The van der Waals surface area contributed by atoms with E-state index in [0.29, 0.717) is 6.04 Å². The fourth-order valence-electron chi connectivity index (χ4n) is 1.26. The molecular weight excluding hydrogens is 236 g/mol. The summed E-state index contributed by atoms with van der Waals surface area (Å²) in [7, 11) is 0. The van der Waals surface area contributed by atoms with Crippen LogP contribution in [0.5, 0.6) is 0 Å². The van der Waals surface area contributed by atoms with E-state index in [9.17, 15) is 0 Å². The number of nitrogens with zero attached hydrogens (tertiary/aromatic N) is 1. The molecule has 1 unspecified atom stereocenters. The van der Waals surface area contributed by atoms with Gasteiger partial charge in [0.25, 0.3) is 0 Å². The van der Waals surface area contributed by atoms with Crippen LogP contribution in [0.1, 0.15) is 12.6 Å². The summed E-state index contributed by atoms with van der Waals surface area (Å²) in [6.45, 7) is 6.62. The predicted molar refractivity (Wildman–Crippen MR) is 71.9 cm³/mol. The average Bonchev–Trinajstić information content (AvgIpc) is 2.95. The molecule has 1 N–H and O–H groups in total. The van der Waals surface area contributed by atoms with Crippen molar-refractivity contribution in [2.45, 2.75) is 19.5 Å². The van der Waals surface area contributed by atoms with Gasteiger partial charge in [0.2, 0.25) is 0 Å². The fraction of sp³-hybridized carbons (Fsp3) is 0.250. The van der Waals surface area contributed by atoms with Crippen molar-refractivity contribution in [3.05, 3.63) is 40.6 Å². The van der Waals surface area contributed by atoms with Gasteiger partial charge in [0.1, 0.15) is 5.01 Å². The SMILES string of the molecule is C=CC(C)NCc1csc(-c2ccsc2)n1. The lowest BCUT2D eigenvalue weighted by atomic mass is 10.3. The summed E-state index contributed by atoms with van der Waals surface area (Å²) in [5, 5.41) is 10.7. The highest BCUT2D eigenvalue weighted by Crippen LogP contribution is 2.25. The highest BCUT2D eigenvalue weighted by atomic mass is 32.1. The number of hydrogen-bond acceptors (Lipinski definition) is 4. The summed E-state index contributed by atoms with van der Waals surface area (Å²) in [5.41, 5.74) is 2.32. The fourth-order valence-corrected chi connectivity index (χ4v) is 2.79. The van der Waals surface area contributed by atoms with Gasteiger partial charge in [0, 0.05) is 28.9 Å². The number of rotatable bonds is 5. The Hall–Kier alpha value is -0.970. The van der Waals surface area contributed by atoms with E-state index in [4.69, 9.17) is 0 Å². The third-order valence-electron chi connectivity index (χ3n) is 2.28. The Morgan fingerprint density at radius 2 is 2.44 bits per heavy atom. The second-order valence-corrected chi connectivity index (χ2v) is 5.20. The maximum Gasteiger partial charge on any atom is 0.124 e. The summed E-state index contributed by atoms with van der Waals surface area (Å²) in [6, 6.07) is 2.43. The van der Waals surface area contributed by atoms with E-state index in [1.165, 1.54) is 5.56 Å². The van der Waals surface area contributed by atoms with Crippen LogP contribution in [0.3, 0.4) is 0 Å². The lowest BCUT2D eigenvalue weighted by Crippen LogP contribution is -2.22. The Morgan fingerprint density at radius 1 is 1.56 bits per heavy atom. The second-order valence-electron chi connectivity index (χ2n) is 3.56. The molecule has 0 amide bonds. The van der Waals surface area contributed by atoms with Crippen molar-refractivity contribution >= 4 is 22.7 Å². The molecule has 2 heterocycles. The lowest BCUT2D eigenvalue weighted by Gasteiger charge is -2.06. The molecule has 2 aromatic rings. The highest BCUT2D eigenvalue weighted by molar-refractivity contribution is 7.14. The molecule has 0 radical (unpaired) electrons. The molecule has 4 heteroatoms. The monoisotopic (exact) mass is 250 g/mol. The summed E-state index contributed by atoms with van der Waals surface area (Å²) >= 11 is 3.40. The van der Waals surface area contributed by atoms with Gasteiger partial charge in [0.15, 0.2) is 0 Å². The molecule has 0 saturated carbocycles. The molecule has 16 heavy (non-hydrogen) atoms. The molecule has 0 bridgehead atoms. The van der Waals surface area contributed by atoms with E-state index in [1.807, 2.05) is 6.08 Å². The van der Waals surface area contributed by atoms with E-state index in [-0.39, 0.29) is 0 Å². The van der Waals surface area contributed by atoms with Crippen LogP contribution in [0, 0.1) is 0 Å². The van der Waals surface area contributed by atoms with Gasteiger partial charge in [-0.1, -0.05) is 6.08 Å². The summed E-state index contributed by atoms with van der Waals surface area (Å²) < 4.78 is 0. The standard InChI is InChI=1S/C12H14N2S2/c1-3-9(2)13-6-11-8-16-12(14-11)10-4-5-15-7-10/h3-5,7-9,13H,1,6H2,2H3. The molecule has 2 nitrogen and oxygen atoms in total. The van der Waals surface area contributed by atoms with Gasteiger partial charge in [-0.15, -0.1) is 17.9 Å². The summed E-state index contributed by atoms with van der Waals surface area (Å²) in [4.78, 5) is 4.59. The maximum atomic E-state index is 4.59. The zero-order valence-electron chi connectivity index (χ0n) is 9.14.